The summed E-state index contributed by atoms with van der Waals surface area (Å²) in [6.07, 6.45) is -1.86. The number of aliphatic hydroxyl groups is 2. The Morgan fingerprint density at radius 1 is 1.00 bits per heavy atom. The van der Waals surface area contributed by atoms with Crippen LogP contribution in [0.2, 0.25) is 0 Å². The van der Waals surface area contributed by atoms with Gasteiger partial charge in [-0.25, -0.2) is 0 Å². The number of rotatable bonds is 2. The molecule has 5 heteroatoms. The average Bonchev–Trinajstić information content (AvgIpc) is 2.01. The monoisotopic (exact) mass is 218 g/mol. The molecule has 88 valence electrons. The van der Waals surface area contributed by atoms with Crippen molar-refractivity contribution in [1.29, 1.82) is 0 Å². The summed E-state index contributed by atoms with van der Waals surface area (Å²) in [5, 5.41) is 17.8. The molecule has 0 aromatic rings. The molecular formula is C10H18O5. The molecule has 15 heavy (non-hydrogen) atoms. The van der Waals surface area contributed by atoms with Crippen LogP contribution < -0.4 is 0 Å². The van der Waals surface area contributed by atoms with Gasteiger partial charge in [-0.15, -0.1) is 0 Å². The summed E-state index contributed by atoms with van der Waals surface area (Å²) in [6, 6.07) is 0. The number of aliphatic hydroxyl groups excluding tert-OH is 1. The SMILES string of the molecule is CC(C)(C)C(=O)OC(=O)C(C)(C)C(O)O. The Morgan fingerprint density at radius 3 is 1.67 bits per heavy atom. The first-order chi connectivity index (χ1) is 6.49. The molecule has 0 fully saturated rings. The van der Waals surface area contributed by atoms with Gasteiger partial charge >= 0.3 is 11.9 Å². The molecule has 0 aliphatic heterocycles. The second-order valence-corrected chi connectivity index (χ2v) is 5.02. The molecule has 0 saturated carbocycles. The highest BCUT2D eigenvalue weighted by atomic mass is 16.6. The minimum Gasteiger partial charge on any atom is -0.392 e. The summed E-state index contributed by atoms with van der Waals surface area (Å²) in [4.78, 5) is 22.7. The van der Waals surface area contributed by atoms with E-state index < -0.39 is 29.1 Å². The van der Waals surface area contributed by atoms with Crippen molar-refractivity contribution in [2.24, 2.45) is 10.8 Å². The molecule has 0 radical (unpaired) electrons. The lowest BCUT2D eigenvalue weighted by Gasteiger charge is -2.25. The summed E-state index contributed by atoms with van der Waals surface area (Å²) in [5.41, 5.74) is -2.31. The maximum atomic E-state index is 11.4. The Hall–Kier alpha value is -0.940. The largest absolute Gasteiger partial charge is 0.392 e. The standard InChI is InChI=1S/C10H18O5/c1-9(2,3)7(13)15-8(14)10(4,5)6(11)12/h6,11-12H,1-5H3. The fraction of sp³-hybridized carbons (Fsp3) is 0.800. The van der Waals surface area contributed by atoms with Gasteiger partial charge in [-0.2, -0.15) is 0 Å². The Balaban J connectivity index is 4.59. The third-order valence-corrected chi connectivity index (χ3v) is 1.97. The zero-order valence-corrected chi connectivity index (χ0v) is 9.70. The van der Waals surface area contributed by atoms with Gasteiger partial charge in [0.1, 0.15) is 5.41 Å². The second kappa shape index (κ2) is 4.28. The first-order valence-corrected chi connectivity index (χ1v) is 4.62. The summed E-state index contributed by atoms with van der Waals surface area (Å²) >= 11 is 0. The van der Waals surface area contributed by atoms with Crippen LogP contribution in [0.1, 0.15) is 34.6 Å². The van der Waals surface area contributed by atoms with Crippen LogP contribution in [-0.4, -0.2) is 28.4 Å². The molecule has 5 nitrogen and oxygen atoms in total. The predicted molar refractivity (Wildman–Crippen MR) is 52.6 cm³/mol. The topological polar surface area (TPSA) is 83.8 Å². The molecule has 0 amide bonds. The van der Waals surface area contributed by atoms with Crippen molar-refractivity contribution in [2.45, 2.75) is 40.9 Å². The maximum Gasteiger partial charge on any atom is 0.324 e. The molecule has 0 aromatic carbocycles. The lowest BCUT2D eigenvalue weighted by atomic mass is 9.92. The van der Waals surface area contributed by atoms with Gasteiger partial charge in [0.25, 0.3) is 0 Å². The van der Waals surface area contributed by atoms with Crippen molar-refractivity contribution in [1.82, 2.24) is 0 Å². The molecule has 0 rings (SSSR count). The lowest BCUT2D eigenvalue weighted by molar-refractivity contribution is -0.188. The summed E-state index contributed by atoms with van der Waals surface area (Å²) in [6.45, 7) is 7.38. The van der Waals surface area contributed by atoms with E-state index in [1.165, 1.54) is 13.8 Å². The van der Waals surface area contributed by atoms with Crippen LogP contribution >= 0.6 is 0 Å². The molecule has 0 unspecified atom stereocenters. The van der Waals surface area contributed by atoms with Crippen LogP contribution in [0.4, 0.5) is 0 Å². The number of hydrogen-bond acceptors (Lipinski definition) is 5. The smallest absolute Gasteiger partial charge is 0.324 e. The number of carbonyl (C=O) groups excluding carboxylic acids is 2. The molecule has 0 aromatic heterocycles. The van der Waals surface area contributed by atoms with Gasteiger partial charge in [-0.3, -0.25) is 9.59 Å². The van der Waals surface area contributed by atoms with Crippen LogP contribution in [0.5, 0.6) is 0 Å². The second-order valence-electron chi connectivity index (χ2n) is 5.02. The van der Waals surface area contributed by atoms with E-state index in [1.807, 2.05) is 0 Å². The van der Waals surface area contributed by atoms with E-state index >= 15 is 0 Å². The predicted octanol–water partition coefficient (Wildman–Crippen LogP) is 0.439. The Kier molecular flexibility index (Phi) is 4.01. The Bertz CT molecular complexity index is 259. The third kappa shape index (κ3) is 3.60. The first-order valence-electron chi connectivity index (χ1n) is 4.62. The molecule has 0 saturated heterocycles. The zero-order valence-electron chi connectivity index (χ0n) is 9.70. The van der Waals surface area contributed by atoms with Crippen molar-refractivity contribution in [3.05, 3.63) is 0 Å². The number of hydrogen-bond donors (Lipinski definition) is 2. The first kappa shape index (κ1) is 14.1. The van der Waals surface area contributed by atoms with Gasteiger partial charge in [-0.1, -0.05) is 0 Å². The molecule has 0 bridgehead atoms. The van der Waals surface area contributed by atoms with E-state index in [1.54, 1.807) is 20.8 Å². The summed E-state index contributed by atoms with van der Waals surface area (Å²) < 4.78 is 4.54. The number of ether oxygens (including phenoxy) is 1. The van der Waals surface area contributed by atoms with Gasteiger partial charge in [0.05, 0.1) is 5.41 Å². The quantitative estimate of drug-likeness (QED) is 0.399. The summed E-state index contributed by atoms with van der Waals surface area (Å²) in [5.74, 6) is -1.64. The highest BCUT2D eigenvalue weighted by molar-refractivity contribution is 5.90. The highest BCUT2D eigenvalue weighted by Crippen LogP contribution is 2.23. The van der Waals surface area contributed by atoms with Gasteiger partial charge in [0.15, 0.2) is 6.29 Å². The molecule has 0 aliphatic rings. The van der Waals surface area contributed by atoms with Crippen molar-refractivity contribution in [3.63, 3.8) is 0 Å². The van der Waals surface area contributed by atoms with Crippen LogP contribution in [0.3, 0.4) is 0 Å². The van der Waals surface area contributed by atoms with Gasteiger partial charge < -0.3 is 14.9 Å². The van der Waals surface area contributed by atoms with Crippen LogP contribution in [0.25, 0.3) is 0 Å². The number of carbonyl (C=O) groups is 2. The van der Waals surface area contributed by atoms with E-state index in [4.69, 9.17) is 10.2 Å². The van der Waals surface area contributed by atoms with Crippen molar-refractivity contribution in [3.8, 4) is 0 Å². The van der Waals surface area contributed by atoms with Gasteiger partial charge in [0.2, 0.25) is 0 Å². The van der Waals surface area contributed by atoms with Crippen LogP contribution in [-0.2, 0) is 14.3 Å². The Labute approximate surface area is 89.0 Å². The molecule has 2 N–H and O–H groups in total. The molecule has 0 aliphatic carbocycles. The fourth-order valence-corrected chi connectivity index (χ4v) is 0.474. The van der Waals surface area contributed by atoms with E-state index in [-0.39, 0.29) is 0 Å². The highest BCUT2D eigenvalue weighted by Gasteiger charge is 2.39. The molecule has 0 atom stereocenters. The molecule has 0 heterocycles. The normalized spacial score (nSPS) is 12.8. The number of esters is 2. The molecule has 0 spiro atoms. The summed E-state index contributed by atoms with van der Waals surface area (Å²) in [7, 11) is 0. The minimum atomic E-state index is -1.86. The lowest BCUT2D eigenvalue weighted by Crippen LogP contribution is -2.41. The minimum absolute atomic E-state index is 0.693. The van der Waals surface area contributed by atoms with Crippen molar-refractivity contribution in [2.75, 3.05) is 0 Å². The maximum absolute atomic E-state index is 11.4. The van der Waals surface area contributed by atoms with E-state index in [9.17, 15) is 9.59 Å². The van der Waals surface area contributed by atoms with Crippen LogP contribution in [0, 0.1) is 10.8 Å². The average molecular weight is 218 g/mol. The third-order valence-electron chi connectivity index (χ3n) is 1.97. The van der Waals surface area contributed by atoms with E-state index in [2.05, 4.69) is 4.74 Å². The Morgan fingerprint density at radius 2 is 1.40 bits per heavy atom. The van der Waals surface area contributed by atoms with Crippen LogP contribution in [0.15, 0.2) is 0 Å². The van der Waals surface area contributed by atoms with E-state index in [0.717, 1.165) is 0 Å². The van der Waals surface area contributed by atoms with Gasteiger partial charge in [0, 0.05) is 0 Å². The van der Waals surface area contributed by atoms with Gasteiger partial charge in [-0.05, 0) is 34.6 Å². The zero-order chi connectivity index (χ0) is 12.4. The molecular weight excluding hydrogens is 200 g/mol. The van der Waals surface area contributed by atoms with E-state index in [0.29, 0.717) is 0 Å². The van der Waals surface area contributed by atoms with Crippen molar-refractivity contribution < 1.29 is 24.5 Å². The van der Waals surface area contributed by atoms with Crippen molar-refractivity contribution >= 4 is 11.9 Å². The fourth-order valence-electron chi connectivity index (χ4n) is 0.474.